The van der Waals surface area contributed by atoms with Crippen LogP contribution in [0.15, 0.2) is 18.3 Å². The van der Waals surface area contributed by atoms with Crippen LogP contribution in [0.5, 0.6) is 5.06 Å². The molecule has 2 aromatic rings. The zero-order chi connectivity index (χ0) is 11.5. The van der Waals surface area contributed by atoms with Crippen molar-refractivity contribution < 1.29 is 4.74 Å². The van der Waals surface area contributed by atoms with Gasteiger partial charge in [-0.3, -0.25) is 4.68 Å². The maximum Gasteiger partial charge on any atom is 0.173 e. The first-order valence-electron chi connectivity index (χ1n) is 5.06. The molecule has 0 saturated heterocycles. The van der Waals surface area contributed by atoms with Gasteiger partial charge >= 0.3 is 0 Å². The molecule has 86 valence electrons. The minimum atomic E-state index is 0.806. The number of thiophene rings is 1. The van der Waals surface area contributed by atoms with Gasteiger partial charge in [0.25, 0.3) is 0 Å². The number of aryl methyl sites for hydroxylation is 1. The Hall–Kier alpha value is -1.49. The number of ether oxygens (including phenoxy) is 1. The molecule has 4 nitrogen and oxygen atoms in total. The van der Waals surface area contributed by atoms with Crippen LogP contribution in [-0.2, 0) is 13.6 Å². The molecule has 2 heterocycles. The summed E-state index contributed by atoms with van der Waals surface area (Å²) >= 11 is 1.65. The lowest BCUT2D eigenvalue weighted by Crippen LogP contribution is -1.99. The van der Waals surface area contributed by atoms with E-state index in [1.165, 1.54) is 4.88 Å². The third-order valence-electron chi connectivity index (χ3n) is 2.53. The fraction of sp³-hybridized carbons (Fsp3) is 0.364. The molecule has 0 unspecified atom stereocenters. The molecule has 0 spiro atoms. The van der Waals surface area contributed by atoms with E-state index in [9.17, 15) is 0 Å². The van der Waals surface area contributed by atoms with Crippen molar-refractivity contribution in [3.63, 3.8) is 0 Å². The maximum absolute atomic E-state index is 5.15. The molecule has 16 heavy (non-hydrogen) atoms. The molecule has 0 radical (unpaired) electrons. The normalized spacial score (nSPS) is 10.4. The Labute approximate surface area is 98.9 Å². The van der Waals surface area contributed by atoms with Gasteiger partial charge in [0.15, 0.2) is 5.06 Å². The maximum atomic E-state index is 5.15. The average Bonchev–Trinajstić information content (AvgIpc) is 2.86. The lowest BCUT2D eigenvalue weighted by molar-refractivity contribution is 0.427. The Morgan fingerprint density at radius 1 is 1.50 bits per heavy atom. The molecule has 0 aliphatic heterocycles. The van der Waals surface area contributed by atoms with Gasteiger partial charge in [-0.25, -0.2) is 0 Å². The van der Waals surface area contributed by atoms with Gasteiger partial charge in [-0.15, -0.1) is 11.3 Å². The molecule has 2 rings (SSSR count). The zero-order valence-electron chi connectivity index (χ0n) is 9.65. The van der Waals surface area contributed by atoms with Crippen LogP contribution >= 0.6 is 11.3 Å². The van der Waals surface area contributed by atoms with Crippen LogP contribution in [-0.4, -0.2) is 16.9 Å². The Bertz CT molecular complexity index is 475. The molecule has 0 amide bonds. The van der Waals surface area contributed by atoms with Gasteiger partial charge in [0.05, 0.1) is 24.7 Å². The van der Waals surface area contributed by atoms with E-state index in [4.69, 9.17) is 4.74 Å². The van der Waals surface area contributed by atoms with E-state index in [0.29, 0.717) is 0 Å². The molecule has 0 aromatic carbocycles. The van der Waals surface area contributed by atoms with Gasteiger partial charge in [-0.2, -0.15) is 5.10 Å². The van der Waals surface area contributed by atoms with Crippen molar-refractivity contribution in [2.75, 3.05) is 12.4 Å². The van der Waals surface area contributed by atoms with E-state index >= 15 is 0 Å². The third kappa shape index (κ3) is 2.19. The van der Waals surface area contributed by atoms with Crippen molar-refractivity contribution in [1.82, 2.24) is 9.78 Å². The number of nitrogens with one attached hydrogen (secondary N) is 1. The molecule has 0 atom stereocenters. The molecule has 0 aliphatic carbocycles. The number of nitrogens with zero attached hydrogens (tertiary/aromatic N) is 2. The number of methoxy groups -OCH3 is 1. The van der Waals surface area contributed by atoms with Gasteiger partial charge in [-0.05, 0) is 19.1 Å². The van der Waals surface area contributed by atoms with Crippen LogP contribution in [0, 0.1) is 6.92 Å². The summed E-state index contributed by atoms with van der Waals surface area (Å²) in [5, 5.41) is 8.49. The molecule has 0 aliphatic rings. The summed E-state index contributed by atoms with van der Waals surface area (Å²) in [5.41, 5.74) is 2.22. The van der Waals surface area contributed by atoms with Crippen LogP contribution in [0.3, 0.4) is 0 Å². The molecule has 0 fully saturated rings. The standard InChI is InChI=1S/C11H15N3OS/c1-8-10(7-13-14(8)2)12-6-9-4-5-11(15-3)16-9/h4-5,7,12H,6H2,1-3H3. The second-order valence-corrected chi connectivity index (χ2v) is 4.68. The summed E-state index contributed by atoms with van der Waals surface area (Å²) < 4.78 is 7.01. The average molecular weight is 237 g/mol. The first-order valence-corrected chi connectivity index (χ1v) is 5.87. The van der Waals surface area contributed by atoms with Crippen LogP contribution in [0.4, 0.5) is 5.69 Å². The molecule has 5 heteroatoms. The van der Waals surface area contributed by atoms with E-state index < -0.39 is 0 Å². The molecular formula is C11H15N3OS. The molecular weight excluding hydrogens is 222 g/mol. The SMILES string of the molecule is COc1ccc(CNc2cnn(C)c2C)s1. The van der Waals surface area contributed by atoms with Crippen molar-refractivity contribution in [1.29, 1.82) is 0 Å². The Morgan fingerprint density at radius 2 is 2.31 bits per heavy atom. The van der Waals surface area contributed by atoms with Gasteiger partial charge in [0.2, 0.25) is 0 Å². The minimum Gasteiger partial charge on any atom is -0.487 e. The van der Waals surface area contributed by atoms with Gasteiger partial charge in [-0.1, -0.05) is 0 Å². The van der Waals surface area contributed by atoms with Gasteiger partial charge in [0.1, 0.15) is 0 Å². The zero-order valence-corrected chi connectivity index (χ0v) is 10.5. The highest BCUT2D eigenvalue weighted by atomic mass is 32.1. The fourth-order valence-electron chi connectivity index (χ4n) is 1.42. The minimum absolute atomic E-state index is 0.806. The van der Waals surface area contributed by atoms with E-state index in [1.807, 2.05) is 30.9 Å². The van der Waals surface area contributed by atoms with Crippen LogP contribution < -0.4 is 10.1 Å². The quantitative estimate of drug-likeness (QED) is 0.887. The summed E-state index contributed by atoms with van der Waals surface area (Å²) in [4.78, 5) is 1.25. The molecule has 0 saturated carbocycles. The van der Waals surface area contributed by atoms with Gasteiger partial charge < -0.3 is 10.1 Å². The fourth-order valence-corrected chi connectivity index (χ4v) is 2.18. The summed E-state index contributed by atoms with van der Waals surface area (Å²) in [6, 6.07) is 4.06. The number of hydrogen-bond donors (Lipinski definition) is 1. The van der Waals surface area contributed by atoms with Crippen molar-refractivity contribution in [2.24, 2.45) is 7.05 Å². The number of anilines is 1. The van der Waals surface area contributed by atoms with E-state index in [-0.39, 0.29) is 0 Å². The Kier molecular flexibility index (Phi) is 3.14. The van der Waals surface area contributed by atoms with Crippen LogP contribution in [0.1, 0.15) is 10.6 Å². The first kappa shape index (κ1) is 11.0. The summed E-state index contributed by atoms with van der Waals surface area (Å²) in [6.45, 7) is 2.85. The number of rotatable bonds is 4. The highest BCUT2D eigenvalue weighted by Gasteiger charge is 2.04. The second kappa shape index (κ2) is 4.57. The summed E-state index contributed by atoms with van der Waals surface area (Å²) in [5.74, 6) is 0. The number of aromatic nitrogens is 2. The highest BCUT2D eigenvalue weighted by molar-refractivity contribution is 7.13. The van der Waals surface area contributed by atoms with Crippen LogP contribution in [0.2, 0.25) is 0 Å². The monoisotopic (exact) mass is 237 g/mol. The predicted octanol–water partition coefficient (Wildman–Crippen LogP) is 2.41. The molecule has 0 bridgehead atoms. The number of hydrogen-bond acceptors (Lipinski definition) is 4. The largest absolute Gasteiger partial charge is 0.487 e. The topological polar surface area (TPSA) is 39.1 Å². The third-order valence-corrected chi connectivity index (χ3v) is 3.57. The van der Waals surface area contributed by atoms with Crippen molar-refractivity contribution in [2.45, 2.75) is 13.5 Å². The van der Waals surface area contributed by atoms with Crippen molar-refractivity contribution in [3.8, 4) is 5.06 Å². The smallest absolute Gasteiger partial charge is 0.173 e. The predicted molar refractivity (Wildman–Crippen MR) is 66.1 cm³/mol. The first-order chi connectivity index (χ1) is 7.70. The van der Waals surface area contributed by atoms with Crippen LogP contribution in [0.25, 0.3) is 0 Å². The molecule has 1 N–H and O–H groups in total. The van der Waals surface area contributed by atoms with E-state index in [1.54, 1.807) is 18.4 Å². The Balaban J connectivity index is 1.99. The van der Waals surface area contributed by atoms with Crippen molar-refractivity contribution >= 4 is 17.0 Å². The lowest BCUT2D eigenvalue weighted by atomic mass is 10.4. The van der Waals surface area contributed by atoms with Crippen molar-refractivity contribution in [3.05, 3.63) is 28.9 Å². The van der Waals surface area contributed by atoms with E-state index in [2.05, 4.69) is 16.5 Å². The van der Waals surface area contributed by atoms with Gasteiger partial charge in [0, 0.05) is 18.5 Å². The summed E-state index contributed by atoms with van der Waals surface area (Å²) in [7, 11) is 3.63. The highest BCUT2D eigenvalue weighted by Crippen LogP contribution is 2.24. The van der Waals surface area contributed by atoms with E-state index in [0.717, 1.165) is 23.0 Å². The second-order valence-electron chi connectivity index (χ2n) is 3.55. The summed E-state index contributed by atoms with van der Waals surface area (Å²) in [6.07, 6.45) is 1.85. The molecule has 2 aromatic heterocycles. The Morgan fingerprint density at radius 3 is 2.88 bits per heavy atom. The lowest BCUT2D eigenvalue weighted by Gasteiger charge is -2.03.